The number of aromatic nitrogens is 1. The zero-order valence-electron chi connectivity index (χ0n) is 16.3. The second kappa shape index (κ2) is 10.1. The van der Waals surface area contributed by atoms with Gasteiger partial charge in [0.05, 0.1) is 16.3 Å². The van der Waals surface area contributed by atoms with Gasteiger partial charge < -0.3 is 10.1 Å². The minimum atomic E-state index is -0.468. The maximum absolute atomic E-state index is 12.5. The zero-order valence-corrected chi connectivity index (χ0v) is 17.9. The number of hydrogen-bond acceptors (Lipinski definition) is 6. The van der Waals surface area contributed by atoms with Crippen molar-refractivity contribution in [1.29, 1.82) is 0 Å². The molecule has 0 spiro atoms. The Morgan fingerprint density at radius 3 is 2.82 bits per heavy atom. The molecule has 1 aliphatic carbocycles. The molecule has 1 N–H and O–H groups in total. The Kier molecular flexibility index (Phi) is 7.50. The molecule has 0 radical (unpaired) electrons. The second-order valence-electron chi connectivity index (χ2n) is 7.15. The number of carbonyl (C=O) groups is 2. The summed E-state index contributed by atoms with van der Waals surface area (Å²) in [5.74, 6) is 0.466. The Labute approximate surface area is 174 Å². The summed E-state index contributed by atoms with van der Waals surface area (Å²) in [7, 11) is 0. The van der Waals surface area contributed by atoms with Crippen LogP contribution in [0.4, 0.5) is 0 Å². The third-order valence-electron chi connectivity index (χ3n) is 4.94. The molecule has 7 heteroatoms. The van der Waals surface area contributed by atoms with E-state index in [4.69, 9.17) is 4.74 Å². The molecule has 3 rings (SSSR count). The van der Waals surface area contributed by atoms with Crippen molar-refractivity contribution in [2.45, 2.75) is 56.2 Å². The SMILES string of the molecule is Cc1nc(CSc2ccccc2C(=O)OCC(=O)N[C@@H]2CCCC[C@@H]2C)cs1. The van der Waals surface area contributed by atoms with Gasteiger partial charge in [0.2, 0.25) is 0 Å². The third-order valence-corrected chi connectivity index (χ3v) is 6.87. The number of hydrogen-bond donors (Lipinski definition) is 1. The van der Waals surface area contributed by atoms with Crippen LogP contribution < -0.4 is 5.32 Å². The fourth-order valence-corrected chi connectivity index (χ4v) is 5.03. The van der Waals surface area contributed by atoms with Crippen LogP contribution in [0.1, 0.15) is 53.7 Å². The highest BCUT2D eigenvalue weighted by Gasteiger charge is 2.23. The van der Waals surface area contributed by atoms with Gasteiger partial charge in [0.25, 0.3) is 5.91 Å². The number of amides is 1. The van der Waals surface area contributed by atoms with Crippen molar-refractivity contribution < 1.29 is 14.3 Å². The molecule has 1 aromatic carbocycles. The minimum absolute atomic E-state index is 0.185. The number of nitrogens with one attached hydrogen (secondary N) is 1. The standard InChI is InChI=1S/C21H26N2O3S2/c1-14-7-3-5-9-18(14)23-20(24)11-26-21(25)17-8-4-6-10-19(17)28-13-16-12-27-15(2)22-16/h4,6,8,10,12,14,18H,3,5,7,9,11,13H2,1-2H3,(H,23,24)/t14-,18+/m0/s1. The summed E-state index contributed by atoms with van der Waals surface area (Å²) in [5.41, 5.74) is 1.48. The first kappa shape index (κ1) is 20.9. The van der Waals surface area contributed by atoms with Crippen LogP contribution in [0.5, 0.6) is 0 Å². The van der Waals surface area contributed by atoms with E-state index in [9.17, 15) is 9.59 Å². The first-order valence-corrected chi connectivity index (χ1v) is 11.5. The quantitative estimate of drug-likeness (QED) is 0.526. The largest absolute Gasteiger partial charge is 0.452 e. The Bertz CT molecular complexity index is 821. The number of carbonyl (C=O) groups excluding carboxylic acids is 2. The van der Waals surface area contributed by atoms with Gasteiger partial charge in [0, 0.05) is 22.1 Å². The van der Waals surface area contributed by atoms with Crippen molar-refractivity contribution >= 4 is 35.0 Å². The second-order valence-corrected chi connectivity index (χ2v) is 9.23. The molecule has 150 valence electrons. The Morgan fingerprint density at radius 1 is 1.29 bits per heavy atom. The molecule has 1 fully saturated rings. The molecule has 5 nitrogen and oxygen atoms in total. The van der Waals surface area contributed by atoms with Gasteiger partial charge >= 0.3 is 5.97 Å². The van der Waals surface area contributed by atoms with E-state index in [0.717, 1.165) is 34.9 Å². The van der Waals surface area contributed by atoms with Crippen molar-refractivity contribution in [2.75, 3.05) is 6.61 Å². The van der Waals surface area contributed by atoms with E-state index in [0.29, 0.717) is 17.2 Å². The highest BCUT2D eigenvalue weighted by atomic mass is 32.2. The van der Waals surface area contributed by atoms with E-state index in [-0.39, 0.29) is 18.6 Å². The average Bonchev–Trinajstić information content (AvgIpc) is 3.12. The zero-order chi connectivity index (χ0) is 19.9. The van der Waals surface area contributed by atoms with Gasteiger partial charge in [-0.05, 0) is 37.8 Å². The van der Waals surface area contributed by atoms with Gasteiger partial charge in [-0.15, -0.1) is 23.1 Å². The molecule has 2 aromatic rings. The summed E-state index contributed by atoms with van der Waals surface area (Å²) >= 11 is 3.16. The Hall–Kier alpha value is -1.86. The summed E-state index contributed by atoms with van der Waals surface area (Å²) in [6.07, 6.45) is 4.49. The summed E-state index contributed by atoms with van der Waals surface area (Å²) in [6.45, 7) is 3.89. The normalized spacial score (nSPS) is 19.2. The highest BCUT2D eigenvalue weighted by molar-refractivity contribution is 7.98. The third kappa shape index (κ3) is 5.82. The van der Waals surface area contributed by atoms with Crippen LogP contribution in [0.25, 0.3) is 0 Å². The first-order chi connectivity index (χ1) is 13.5. The smallest absolute Gasteiger partial charge is 0.339 e. The summed E-state index contributed by atoms with van der Waals surface area (Å²) in [5, 5.41) is 6.07. The number of nitrogens with zero attached hydrogens (tertiary/aromatic N) is 1. The topological polar surface area (TPSA) is 68.3 Å². The van der Waals surface area contributed by atoms with Crippen LogP contribution in [0, 0.1) is 12.8 Å². The highest BCUT2D eigenvalue weighted by Crippen LogP contribution is 2.27. The van der Waals surface area contributed by atoms with Crippen molar-refractivity contribution in [3.05, 3.63) is 45.9 Å². The van der Waals surface area contributed by atoms with Crippen LogP contribution in [-0.4, -0.2) is 29.5 Å². The van der Waals surface area contributed by atoms with Crippen molar-refractivity contribution in [3.63, 3.8) is 0 Å². The molecule has 1 aliphatic rings. The molecular formula is C21H26N2O3S2. The number of aryl methyl sites for hydroxylation is 1. The summed E-state index contributed by atoms with van der Waals surface area (Å²) in [4.78, 5) is 30.0. The number of rotatable bonds is 7. The van der Waals surface area contributed by atoms with E-state index >= 15 is 0 Å². The lowest BCUT2D eigenvalue weighted by atomic mass is 9.86. The maximum atomic E-state index is 12.5. The fraction of sp³-hybridized carbons (Fsp3) is 0.476. The molecule has 2 atom stereocenters. The first-order valence-electron chi connectivity index (χ1n) is 9.62. The molecule has 1 heterocycles. The number of ether oxygens (including phenoxy) is 1. The van der Waals surface area contributed by atoms with E-state index in [1.54, 1.807) is 35.2 Å². The van der Waals surface area contributed by atoms with E-state index in [1.165, 1.54) is 6.42 Å². The molecule has 0 bridgehead atoms. The molecule has 1 amide bonds. The van der Waals surface area contributed by atoms with Crippen molar-refractivity contribution in [3.8, 4) is 0 Å². The average molecular weight is 419 g/mol. The predicted octanol–water partition coefficient (Wildman–Crippen LogP) is 4.60. The Balaban J connectivity index is 1.53. The molecule has 28 heavy (non-hydrogen) atoms. The lowest BCUT2D eigenvalue weighted by Crippen LogP contribution is -2.42. The number of benzene rings is 1. The van der Waals surface area contributed by atoms with Gasteiger partial charge in [-0.2, -0.15) is 0 Å². The molecule has 0 saturated heterocycles. The van der Waals surface area contributed by atoms with E-state index in [2.05, 4.69) is 17.2 Å². The van der Waals surface area contributed by atoms with Gasteiger partial charge in [-0.25, -0.2) is 9.78 Å². The number of thiazole rings is 1. The summed E-state index contributed by atoms with van der Waals surface area (Å²) in [6, 6.07) is 7.51. The Morgan fingerprint density at radius 2 is 2.07 bits per heavy atom. The maximum Gasteiger partial charge on any atom is 0.339 e. The van der Waals surface area contributed by atoms with Gasteiger partial charge in [0.15, 0.2) is 6.61 Å². The predicted molar refractivity (Wildman–Crippen MR) is 113 cm³/mol. The van der Waals surface area contributed by atoms with E-state index < -0.39 is 5.97 Å². The van der Waals surface area contributed by atoms with Gasteiger partial charge in [-0.3, -0.25) is 4.79 Å². The molecule has 0 aliphatic heterocycles. The van der Waals surface area contributed by atoms with Crippen LogP contribution in [-0.2, 0) is 15.3 Å². The van der Waals surface area contributed by atoms with Crippen LogP contribution in [0.3, 0.4) is 0 Å². The van der Waals surface area contributed by atoms with Crippen LogP contribution in [0.2, 0.25) is 0 Å². The minimum Gasteiger partial charge on any atom is -0.452 e. The monoisotopic (exact) mass is 418 g/mol. The van der Waals surface area contributed by atoms with Gasteiger partial charge in [-0.1, -0.05) is 31.9 Å². The fourth-order valence-electron chi connectivity index (χ4n) is 3.38. The van der Waals surface area contributed by atoms with Crippen molar-refractivity contribution in [1.82, 2.24) is 10.3 Å². The lowest BCUT2D eigenvalue weighted by Gasteiger charge is -2.29. The molecule has 1 saturated carbocycles. The molecule has 0 unspecified atom stereocenters. The van der Waals surface area contributed by atoms with E-state index in [1.807, 2.05) is 24.4 Å². The summed E-state index contributed by atoms with van der Waals surface area (Å²) < 4.78 is 5.29. The van der Waals surface area contributed by atoms with Crippen molar-refractivity contribution in [2.24, 2.45) is 5.92 Å². The van der Waals surface area contributed by atoms with Crippen LogP contribution in [0.15, 0.2) is 34.5 Å². The number of thioether (sulfide) groups is 1. The van der Waals surface area contributed by atoms with Gasteiger partial charge in [0.1, 0.15) is 0 Å². The molecular weight excluding hydrogens is 392 g/mol. The number of esters is 1. The lowest BCUT2D eigenvalue weighted by molar-refractivity contribution is -0.125. The van der Waals surface area contributed by atoms with Crippen LogP contribution >= 0.6 is 23.1 Å². The molecule has 1 aromatic heterocycles.